The van der Waals surface area contributed by atoms with Crippen molar-refractivity contribution in [2.45, 2.75) is 75.6 Å². The maximum Gasteiger partial charge on any atom is 0.308 e. The van der Waals surface area contributed by atoms with Gasteiger partial charge in [-0.3, -0.25) is 9.59 Å². The van der Waals surface area contributed by atoms with Crippen molar-refractivity contribution in [1.82, 2.24) is 5.32 Å². The maximum absolute atomic E-state index is 11.8. The van der Waals surface area contributed by atoms with E-state index in [0.717, 1.165) is 6.92 Å². The summed E-state index contributed by atoms with van der Waals surface area (Å²) in [5.74, 6) is -3.84. The molecule has 0 spiro atoms. The van der Waals surface area contributed by atoms with Gasteiger partial charge in [-0.1, -0.05) is 6.92 Å². The lowest BCUT2D eigenvalue weighted by atomic mass is 9.88. The molecule has 1 aliphatic heterocycles. The molecule has 4 unspecified atom stereocenters. The van der Waals surface area contributed by atoms with Crippen molar-refractivity contribution in [1.29, 1.82) is 0 Å². The Morgan fingerprint density at radius 2 is 1.92 bits per heavy atom. The normalized spacial score (nSPS) is 31.3. The molecule has 11 heteroatoms. The first-order valence-electron chi connectivity index (χ1n) is 8.25. The fourth-order valence-electron chi connectivity index (χ4n) is 2.74. The van der Waals surface area contributed by atoms with E-state index in [2.05, 4.69) is 5.32 Å². The fourth-order valence-corrected chi connectivity index (χ4v) is 2.74. The molecule has 1 aliphatic rings. The zero-order valence-corrected chi connectivity index (χ0v) is 14.6. The number of aliphatic hydroxyl groups is 6. The van der Waals surface area contributed by atoms with E-state index in [1.807, 2.05) is 0 Å². The smallest absolute Gasteiger partial charge is 0.308 e. The molecule has 7 N–H and O–H groups in total. The van der Waals surface area contributed by atoms with Gasteiger partial charge in [0.25, 0.3) is 5.79 Å². The van der Waals surface area contributed by atoms with Crippen LogP contribution in [-0.2, 0) is 19.1 Å². The van der Waals surface area contributed by atoms with Gasteiger partial charge in [-0.2, -0.15) is 0 Å². The largest absolute Gasteiger partial charge is 0.427 e. The number of carbonyl (C=O) groups is 2. The van der Waals surface area contributed by atoms with Crippen molar-refractivity contribution in [2.24, 2.45) is 0 Å². The minimum atomic E-state index is -2.42. The fraction of sp³-hybridized carbons (Fsp3) is 0.867. The molecular weight excluding hydrogens is 354 g/mol. The Hall–Kier alpha value is -1.34. The highest BCUT2D eigenvalue weighted by atomic mass is 16.8. The van der Waals surface area contributed by atoms with Crippen LogP contribution in [0, 0.1) is 0 Å². The van der Waals surface area contributed by atoms with Crippen LogP contribution in [0.25, 0.3) is 0 Å². The summed E-state index contributed by atoms with van der Waals surface area (Å²) < 4.78 is 10.4. The van der Waals surface area contributed by atoms with Crippen LogP contribution >= 0.6 is 0 Å². The van der Waals surface area contributed by atoms with Crippen LogP contribution < -0.4 is 5.32 Å². The number of rotatable bonds is 8. The minimum Gasteiger partial charge on any atom is -0.427 e. The van der Waals surface area contributed by atoms with Gasteiger partial charge in [-0.05, 0) is 6.42 Å². The van der Waals surface area contributed by atoms with Crippen LogP contribution in [-0.4, -0.2) is 91.7 Å². The Labute approximate surface area is 150 Å². The van der Waals surface area contributed by atoms with Crippen LogP contribution in [0.1, 0.15) is 33.1 Å². The van der Waals surface area contributed by atoms with Gasteiger partial charge in [0.05, 0.1) is 18.8 Å². The van der Waals surface area contributed by atoms with E-state index in [1.54, 1.807) is 6.92 Å². The van der Waals surface area contributed by atoms with Gasteiger partial charge in [0.1, 0.15) is 18.3 Å². The molecule has 26 heavy (non-hydrogen) atoms. The van der Waals surface area contributed by atoms with Gasteiger partial charge in [0, 0.05) is 19.8 Å². The summed E-state index contributed by atoms with van der Waals surface area (Å²) >= 11 is 0. The number of esters is 1. The van der Waals surface area contributed by atoms with Crippen molar-refractivity contribution in [3.05, 3.63) is 0 Å². The van der Waals surface area contributed by atoms with Crippen molar-refractivity contribution < 1.29 is 49.7 Å². The summed E-state index contributed by atoms with van der Waals surface area (Å²) in [6, 6.07) is -1.26. The number of hydrogen-bond donors (Lipinski definition) is 7. The maximum atomic E-state index is 11.8. The zero-order valence-electron chi connectivity index (χ0n) is 14.6. The molecule has 1 amide bonds. The van der Waals surface area contributed by atoms with Crippen molar-refractivity contribution in [2.75, 3.05) is 6.61 Å². The molecule has 0 radical (unpaired) electrons. The van der Waals surface area contributed by atoms with Gasteiger partial charge < -0.3 is 45.4 Å². The molecule has 1 fully saturated rings. The van der Waals surface area contributed by atoms with Gasteiger partial charge in [0.15, 0.2) is 0 Å². The topological polar surface area (TPSA) is 186 Å². The van der Waals surface area contributed by atoms with E-state index in [1.165, 1.54) is 0 Å². The predicted octanol–water partition coefficient (Wildman–Crippen LogP) is -3.29. The van der Waals surface area contributed by atoms with Crippen molar-refractivity contribution >= 4 is 11.9 Å². The number of ether oxygens (including phenoxy) is 2. The van der Waals surface area contributed by atoms with Crippen molar-refractivity contribution in [3.63, 3.8) is 0 Å². The summed E-state index contributed by atoms with van der Waals surface area (Å²) in [4.78, 5) is 23.2. The van der Waals surface area contributed by atoms with Crippen LogP contribution in [0.4, 0.5) is 0 Å². The van der Waals surface area contributed by atoms with Crippen LogP contribution in [0.15, 0.2) is 0 Å². The molecule has 6 atom stereocenters. The summed E-state index contributed by atoms with van der Waals surface area (Å²) in [6.45, 7) is 1.97. The van der Waals surface area contributed by atoms with Crippen LogP contribution in [0.2, 0.25) is 0 Å². The van der Waals surface area contributed by atoms with Gasteiger partial charge in [0.2, 0.25) is 12.2 Å². The molecule has 0 aliphatic carbocycles. The van der Waals surface area contributed by atoms with Crippen molar-refractivity contribution in [3.8, 4) is 0 Å². The Bertz CT molecular complexity index is 487. The molecule has 1 rings (SSSR count). The Balaban J connectivity index is 3.20. The molecule has 0 saturated carbocycles. The number of aliphatic hydroxyl groups excluding tert-OH is 5. The molecule has 0 aromatic rings. The molecule has 0 aromatic heterocycles. The Kier molecular flexibility index (Phi) is 8.34. The second-order valence-corrected chi connectivity index (χ2v) is 6.23. The molecule has 1 heterocycles. The van der Waals surface area contributed by atoms with E-state index < -0.39 is 67.4 Å². The number of hydrogen-bond acceptors (Lipinski definition) is 10. The molecule has 152 valence electrons. The van der Waals surface area contributed by atoms with E-state index >= 15 is 0 Å². The minimum absolute atomic E-state index is 0.0600. The first-order valence-corrected chi connectivity index (χ1v) is 8.25. The molecule has 11 nitrogen and oxygen atoms in total. The Morgan fingerprint density at radius 3 is 2.38 bits per heavy atom. The van der Waals surface area contributed by atoms with E-state index in [0.29, 0.717) is 6.42 Å². The zero-order chi connectivity index (χ0) is 20.1. The summed E-state index contributed by atoms with van der Waals surface area (Å²) in [7, 11) is 0. The third kappa shape index (κ3) is 5.33. The average molecular weight is 381 g/mol. The number of carbonyl (C=O) groups excluding carboxylic acids is 2. The van der Waals surface area contributed by atoms with Gasteiger partial charge in [-0.15, -0.1) is 0 Å². The first-order chi connectivity index (χ1) is 12.1. The summed E-state index contributed by atoms with van der Waals surface area (Å²) in [5.41, 5.74) is 0. The third-order valence-corrected chi connectivity index (χ3v) is 4.02. The third-order valence-electron chi connectivity index (χ3n) is 4.02. The number of nitrogens with one attached hydrogen (secondary N) is 1. The highest BCUT2D eigenvalue weighted by Crippen LogP contribution is 2.35. The number of amides is 1. The molecular formula is C15H27NO10. The summed E-state index contributed by atoms with van der Waals surface area (Å²) in [5, 5.41) is 61.0. The molecule has 0 aromatic carbocycles. The second kappa shape index (κ2) is 9.55. The van der Waals surface area contributed by atoms with E-state index in [-0.39, 0.29) is 6.42 Å². The highest BCUT2D eigenvalue weighted by Gasteiger charge is 2.56. The quantitative estimate of drug-likeness (QED) is 0.166. The lowest BCUT2D eigenvalue weighted by Gasteiger charge is -2.48. The highest BCUT2D eigenvalue weighted by molar-refractivity contribution is 5.73. The summed E-state index contributed by atoms with van der Waals surface area (Å²) in [6.07, 6.45) is -9.33. The second-order valence-electron chi connectivity index (χ2n) is 6.23. The molecule has 1 saturated heterocycles. The van der Waals surface area contributed by atoms with Crippen LogP contribution in [0.5, 0.6) is 0 Å². The lowest BCUT2D eigenvalue weighted by molar-refractivity contribution is -0.369. The van der Waals surface area contributed by atoms with E-state index in [4.69, 9.17) is 14.6 Å². The first kappa shape index (κ1) is 22.7. The van der Waals surface area contributed by atoms with E-state index in [9.17, 15) is 35.1 Å². The van der Waals surface area contributed by atoms with Crippen LogP contribution in [0.3, 0.4) is 0 Å². The predicted molar refractivity (Wildman–Crippen MR) is 84.2 cm³/mol. The SMILES string of the molecule is CCCC(=O)OC1(C(O)O)CC(O)C(NC(C)=O)C([C@H](O)[C@H](O)CO)O1. The monoisotopic (exact) mass is 381 g/mol. The van der Waals surface area contributed by atoms with Gasteiger partial charge >= 0.3 is 5.97 Å². The lowest BCUT2D eigenvalue weighted by Crippen LogP contribution is -2.68. The molecule has 0 bridgehead atoms. The standard InChI is InChI=1S/C15H27NO10/c1-3-4-10(21)25-15(14(23)24)5-8(19)11(16-7(2)18)13(26-15)12(22)9(20)6-17/h8-9,11-14,17,19-20,22-24H,3-6H2,1-2H3,(H,16,18)/t8?,9-,11?,12-,13?,15?/m1/s1. The van der Waals surface area contributed by atoms with Gasteiger partial charge in [-0.25, -0.2) is 0 Å². The Morgan fingerprint density at radius 1 is 1.31 bits per heavy atom. The average Bonchev–Trinajstić information content (AvgIpc) is 2.55.